The normalized spacial score (nSPS) is 10.4. The summed E-state index contributed by atoms with van der Waals surface area (Å²) in [4.78, 5) is 23.9. The number of esters is 1. The third-order valence-electron chi connectivity index (χ3n) is 3.59. The van der Waals surface area contributed by atoms with Crippen LogP contribution in [0.25, 0.3) is 11.3 Å². The molecule has 0 fully saturated rings. The zero-order valence-corrected chi connectivity index (χ0v) is 16.9. The molecule has 0 spiro atoms. The van der Waals surface area contributed by atoms with Gasteiger partial charge in [0.2, 0.25) is 0 Å². The van der Waals surface area contributed by atoms with E-state index in [2.05, 4.69) is 33.1 Å². The maximum Gasteiger partial charge on any atom is 0.325 e. The summed E-state index contributed by atoms with van der Waals surface area (Å²) in [5.74, 6) is -0.502. The van der Waals surface area contributed by atoms with E-state index >= 15 is 0 Å². The fourth-order valence-corrected chi connectivity index (χ4v) is 2.99. The second kappa shape index (κ2) is 9.01. The van der Waals surface area contributed by atoms with Crippen molar-refractivity contribution in [2.45, 2.75) is 6.61 Å². The van der Waals surface area contributed by atoms with E-state index in [1.54, 1.807) is 30.3 Å². The first-order chi connectivity index (χ1) is 13.0. The topological polar surface area (TPSA) is 81.4 Å². The molecule has 138 valence electrons. The molecule has 27 heavy (non-hydrogen) atoms. The van der Waals surface area contributed by atoms with Crippen molar-refractivity contribution >= 4 is 46.1 Å². The van der Waals surface area contributed by atoms with Gasteiger partial charge in [-0.1, -0.05) is 41.0 Å². The highest BCUT2D eigenvalue weighted by atomic mass is 127. The standard InChI is InChI=1S/C19H14ClIN2O4/c20-13-7-5-12(6-8-13)17-9-14(27-23-17)11-26-18(24)10-22-19(25)15-3-1-2-4-16(15)21/h1-9H,10-11H2,(H,22,25). The molecular formula is C19H14ClIN2O4. The summed E-state index contributed by atoms with van der Waals surface area (Å²) in [7, 11) is 0. The molecule has 0 radical (unpaired) electrons. The highest BCUT2D eigenvalue weighted by molar-refractivity contribution is 14.1. The number of nitrogens with zero attached hydrogens (tertiary/aromatic N) is 1. The van der Waals surface area contributed by atoms with Gasteiger partial charge >= 0.3 is 5.97 Å². The van der Waals surface area contributed by atoms with Crippen LogP contribution in [-0.2, 0) is 16.1 Å². The van der Waals surface area contributed by atoms with E-state index in [-0.39, 0.29) is 19.1 Å². The van der Waals surface area contributed by atoms with Gasteiger partial charge in [0.05, 0.1) is 5.56 Å². The van der Waals surface area contributed by atoms with E-state index in [4.69, 9.17) is 20.9 Å². The Morgan fingerprint density at radius 3 is 2.63 bits per heavy atom. The number of amides is 1. The quantitative estimate of drug-likeness (QED) is 0.411. The summed E-state index contributed by atoms with van der Waals surface area (Å²) in [6.45, 7) is -0.305. The van der Waals surface area contributed by atoms with Crippen LogP contribution in [0.1, 0.15) is 16.1 Å². The van der Waals surface area contributed by atoms with Crippen molar-refractivity contribution in [2.24, 2.45) is 0 Å². The molecule has 0 saturated heterocycles. The van der Waals surface area contributed by atoms with Crippen molar-refractivity contribution in [1.82, 2.24) is 10.5 Å². The van der Waals surface area contributed by atoms with Crippen LogP contribution in [0, 0.1) is 3.57 Å². The minimum atomic E-state index is -0.571. The molecule has 0 unspecified atom stereocenters. The zero-order valence-electron chi connectivity index (χ0n) is 13.9. The van der Waals surface area contributed by atoms with Gasteiger partial charge in [-0.2, -0.15) is 0 Å². The molecule has 1 amide bonds. The third kappa shape index (κ3) is 5.30. The van der Waals surface area contributed by atoms with E-state index in [1.807, 2.05) is 24.3 Å². The van der Waals surface area contributed by atoms with Crippen molar-refractivity contribution in [3.05, 3.63) is 74.5 Å². The number of carbonyl (C=O) groups excluding carboxylic acids is 2. The van der Waals surface area contributed by atoms with E-state index in [0.717, 1.165) is 9.13 Å². The fourth-order valence-electron chi connectivity index (χ4n) is 2.23. The maximum absolute atomic E-state index is 12.1. The number of benzene rings is 2. The van der Waals surface area contributed by atoms with Crippen LogP contribution < -0.4 is 5.32 Å². The van der Waals surface area contributed by atoms with E-state index < -0.39 is 5.97 Å². The Labute approximate surface area is 174 Å². The molecule has 0 bridgehead atoms. The Kier molecular flexibility index (Phi) is 6.46. The minimum absolute atomic E-state index is 0.0713. The van der Waals surface area contributed by atoms with Crippen LogP contribution in [-0.4, -0.2) is 23.6 Å². The summed E-state index contributed by atoms with van der Waals surface area (Å²) in [5, 5.41) is 7.10. The molecule has 8 heteroatoms. The number of aromatic nitrogens is 1. The Balaban J connectivity index is 1.49. The first-order valence-corrected chi connectivity index (χ1v) is 9.38. The summed E-state index contributed by atoms with van der Waals surface area (Å²) in [6.07, 6.45) is 0. The van der Waals surface area contributed by atoms with Crippen LogP contribution in [0.2, 0.25) is 5.02 Å². The lowest BCUT2D eigenvalue weighted by atomic mass is 10.1. The first-order valence-electron chi connectivity index (χ1n) is 7.93. The van der Waals surface area contributed by atoms with Crippen LogP contribution in [0.4, 0.5) is 0 Å². The van der Waals surface area contributed by atoms with Crippen molar-refractivity contribution in [2.75, 3.05) is 6.54 Å². The minimum Gasteiger partial charge on any atom is -0.456 e. The number of rotatable bonds is 6. The number of ether oxygens (including phenoxy) is 1. The van der Waals surface area contributed by atoms with Crippen molar-refractivity contribution in [3.8, 4) is 11.3 Å². The molecule has 0 aliphatic heterocycles. The molecule has 0 saturated carbocycles. The van der Waals surface area contributed by atoms with Gasteiger partial charge in [-0.05, 0) is 46.9 Å². The van der Waals surface area contributed by atoms with E-state index in [1.165, 1.54) is 0 Å². The Hall–Kier alpha value is -2.39. The number of hydrogen-bond acceptors (Lipinski definition) is 5. The average Bonchev–Trinajstić information content (AvgIpc) is 3.14. The van der Waals surface area contributed by atoms with Gasteiger partial charge in [-0.15, -0.1) is 0 Å². The van der Waals surface area contributed by atoms with Crippen LogP contribution in [0.5, 0.6) is 0 Å². The van der Waals surface area contributed by atoms with Gasteiger partial charge in [0.1, 0.15) is 12.2 Å². The van der Waals surface area contributed by atoms with Gasteiger partial charge in [0, 0.05) is 20.2 Å². The van der Waals surface area contributed by atoms with Gasteiger partial charge in [0.15, 0.2) is 12.4 Å². The highest BCUT2D eigenvalue weighted by Crippen LogP contribution is 2.21. The highest BCUT2D eigenvalue weighted by Gasteiger charge is 2.13. The van der Waals surface area contributed by atoms with Gasteiger partial charge in [-0.25, -0.2) is 0 Å². The van der Waals surface area contributed by atoms with Crippen LogP contribution in [0.3, 0.4) is 0 Å². The first kappa shape index (κ1) is 19.4. The summed E-state index contributed by atoms with van der Waals surface area (Å²) in [6, 6.07) is 15.9. The molecule has 6 nitrogen and oxygen atoms in total. The summed E-state index contributed by atoms with van der Waals surface area (Å²) < 4.78 is 11.1. The van der Waals surface area contributed by atoms with Crippen molar-refractivity contribution < 1.29 is 18.8 Å². The lowest BCUT2D eigenvalue weighted by Crippen LogP contribution is -2.31. The van der Waals surface area contributed by atoms with Gasteiger partial charge in [0.25, 0.3) is 5.91 Å². The molecule has 2 aromatic carbocycles. The van der Waals surface area contributed by atoms with E-state index in [0.29, 0.717) is 22.0 Å². The lowest BCUT2D eigenvalue weighted by Gasteiger charge is -2.06. The van der Waals surface area contributed by atoms with Crippen molar-refractivity contribution in [1.29, 1.82) is 0 Å². The number of carbonyl (C=O) groups is 2. The summed E-state index contributed by atoms with van der Waals surface area (Å²) >= 11 is 7.92. The molecule has 0 atom stereocenters. The monoisotopic (exact) mass is 496 g/mol. The SMILES string of the molecule is O=C(CNC(=O)c1ccccc1I)OCc1cc(-c2ccc(Cl)cc2)no1. The second-order valence-corrected chi connectivity index (χ2v) is 7.11. The van der Waals surface area contributed by atoms with Crippen LogP contribution in [0.15, 0.2) is 59.1 Å². The predicted molar refractivity (Wildman–Crippen MR) is 108 cm³/mol. The molecular weight excluding hydrogens is 483 g/mol. The molecule has 3 rings (SSSR count). The Bertz CT molecular complexity index is 956. The lowest BCUT2D eigenvalue weighted by molar-refractivity contribution is -0.144. The number of hydrogen-bond donors (Lipinski definition) is 1. The van der Waals surface area contributed by atoms with E-state index in [9.17, 15) is 9.59 Å². The third-order valence-corrected chi connectivity index (χ3v) is 4.78. The number of nitrogens with one attached hydrogen (secondary N) is 1. The predicted octanol–water partition coefficient (Wildman–Crippen LogP) is 4.07. The molecule has 1 aromatic heterocycles. The molecule has 1 heterocycles. The smallest absolute Gasteiger partial charge is 0.325 e. The van der Waals surface area contributed by atoms with Crippen LogP contribution >= 0.6 is 34.2 Å². The average molecular weight is 497 g/mol. The summed E-state index contributed by atoms with van der Waals surface area (Å²) in [5.41, 5.74) is 1.96. The maximum atomic E-state index is 12.1. The zero-order chi connectivity index (χ0) is 19.2. The fraction of sp³-hybridized carbons (Fsp3) is 0.105. The Morgan fingerprint density at radius 1 is 1.15 bits per heavy atom. The molecule has 0 aliphatic carbocycles. The molecule has 0 aliphatic rings. The molecule has 1 N–H and O–H groups in total. The Morgan fingerprint density at radius 2 is 1.89 bits per heavy atom. The second-order valence-electron chi connectivity index (χ2n) is 5.51. The number of halogens is 2. The van der Waals surface area contributed by atoms with Gasteiger partial charge in [-0.3, -0.25) is 9.59 Å². The molecule has 3 aromatic rings. The van der Waals surface area contributed by atoms with Crippen molar-refractivity contribution in [3.63, 3.8) is 0 Å². The van der Waals surface area contributed by atoms with Gasteiger partial charge < -0.3 is 14.6 Å². The largest absolute Gasteiger partial charge is 0.456 e.